The van der Waals surface area contributed by atoms with E-state index in [4.69, 9.17) is 9.47 Å². The molecule has 1 aliphatic rings. The summed E-state index contributed by atoms with van der Waals surface area (Å²) in [5.74, 6) is 2.41. The number of carbonyl (C=O) groups excluding carboxylic acids is 1. The molecule has 0 aromatic heterocycles. The molecule has 2 aromatic carbocycles. The highest BCUT2D eigenvalue weighted by Crippen LogP contribution is 2.23. The molecule has 1 aliphatic heterocycles. The lowest BCUT2D eigenvalue weighted by Gasteiger charge is -2.17. The first-order chi connectivity index (χ1) is 12.2. The van der Waals surface area contributed by atoms with Crippen LogP contribution in [0.5, 0.6) is 11.5 Å². The molecule has 3 rings (SSSR count). The highest BCUT2D eigenvalue weighted by Gasteiger charge is 2.26. The van der Waals surface area contributed by atoms with Crippen LogP contribution in [0.3, 0.4) is 0 Å². The van der Waals surface area contributed by atoms with Gasteiger partial charge >= 0.3 is 0 Å². The second-order valence-corrected chi connectivity index (χ2v) is 6.57. The quantitative estimate of drug-likeness (QED) is 0.810. The van der Waals surface area contributed by atoms with E-state index in [1.54, 1.807) is 14.2 Å². The predicted molar refractivity (Wildman–Crippen MR) is 98.1 cm³/mol. The van der Waals surface area contributed by atoms with Crippen molar-refractivity contribution >= 4 is 5.91 Å². The van der Waals surface area contributed by atoms with Crippen LogP contribution in [0.25, 0.3) is 0 Å². The Balaban J connectivity index is 1.53. The molecule has 1 unspecified atom stereocenters. The van der Waals surface area contributed by atoms with E-state index in [0.717, 1.165) is 43.0 Å². The maximum absolute atomic E-state index is 12.6. The van der Waals surface area contributed by atoms with Crippen molar-refractivity contribution < 1.29 is 14.3 Å². The molecule has 1 fully saturated rings. The third-order valence-corrected chi connectivity index (χ3v) is 4.81. The summed E-state index contributed by atoms with van der Waals surface area (Å²) in [5.41, 5.74) is 2.30. The molecule has 132 valence electrons. The summed E-state index contributed by atoms with van der Waals surface area (Å²) in [5, 5.41) is 0. The molecular weight excluding hydrogens is 314 g/mol. The minimum Gasteiger partial charge on any atom is -0.497 e. The Morgan fingerprint density at radius 2 is 1.80 bits per heavy atom. The van der Waals surface area contributed by atoms with Gasteiger partial charge in [-0.15, -0.1) is 0 Å². The number of hydrogen-bond donors (Lipinski definition) is 0. The van der Waals surface area contributed by atoms with Crippen LogP contribution in [0.15, 0.2) is 48.5 Å². The van der Waals surface area contributed by atoms with Crippen molar-refractivity contribution in [1.82, 2.24) is 4.90 Å². The Morgan fingerprint density at radius 3 is 2.52 bits per heavy atom. The van der Waals surface area contributed by atoms with Crippen molar-refractivity contribution in [2.24, 2.45) is 5.92 Å². The molecule has 0 saturated carbocycles. The Labute approximate surface area is 149 Å². The Hall–Kier alpha value is -2.49. The molecule has 1 atom stereocenters. The normalized spacial score (nSPS) is 16.7. The summed E-state index contributed by atoms with van der Waals surface area (Å²) < 4.78 is 10.4. The molecule has 0 N–H and O–H groups in total. The zero-order valence-corrected chi connectivity index (χ0v) is 14.9. The average molecular weight is 339 g/mol. The van der Waals surface area contributed by atoms with Crippen molar-refractivity contribution in [2.45, 2.75) is 19.3 Å². The number of hydrogen-bond acceptors (Lipinski definition) is 3. The molecule has 25 heavy (non-hydrogen) atoms. The molecule has 0 bridgehead atoms. The van der Waals surface area contributed by atoms with E-state index >= 15 is 0 Å². The Morgan fingerprint density at radius 1 is 1.04 bits per heavy atom. The van der Waals surface area contributed by atoms with E-state index in [9.17, 15) is 4.79 Å². The third kappa shape index (κ3) is 4.53. The summed E-state index contributed by atoms with van der Waals surface area (Å²) in [6.07, 6.45) is 2.51. The zero-order valence-electron chi connectivity index (χ0n) is 14.9. The first-order valence-electron chi connectivity index (χ1n) is 8.71. The minimum atomic E-state index is 0.200. The van der Waals surface area contributed by atoms with Crippen LogP contribution in [0.2, 0.25) is 0 Å². The fourth-order valence-corrected chi connectivity index (χ4v) is 3.39. The van der Waals surface area contributed by atoms with Gasteiger partial charge in [0.1, 0.15) is 11.5 Å². The SMILES string of the molecule is COc1ccc(CC2CCN(C(=O)Cc3cccc(OC)c3)C2)cc1. The van der Waals surface area contributed by atoms with Gasteiger partial charge in [-0.1, -0.05) is 24.3 Å². The third-order valence-electron chi connectivity index (χ3n) is 4.81. The van der Waals surface area contributed by atoms with Gasteiger partial charge in [-0.05, 0) is 54.2 Å². The second kappa shape index (κ2) is 8.06. The average Bonchev–Trinajstić information content (AvgIpc) is 3.11. The zero-order chi connectivity index (χ0) is 17.6. The van der Waals surface area contributed by atoms with Gasteiger partial charge in [-0.2, -0.15) is 0 Å². The van der Waals surface area contributed by atoms with Gasteiger partial charge in [0.05, 0.1) is 20.6 Å². The second-order valence-electron chi connectivity index (χ2n) is 6.57. The largest absolute Gasteiger partial charge is 0.497 e. The van der Waals surface area contributed by atoms with E-state index in [1.165, 1.54) is 5.56 Å². The van der Waals surface area contributed by atoms with Gasteiger partial charge in [0.2, 0.25) is 5.91 Å². The summed E-state index contributed by atoms with van der Waals surface area (Å²) in [4.78, 5) is 14.6. The van der Waals surface area contributed by atoms with Gasteiger partial charge in [-0.25, -0.2) is 0 Å². The van der Waals surface area contributed by atoms with Crippen molar-refractivity contribution in [2.75, 3.05) is 27.3 Å². The summed E-state index contributed by atoms with van der Waals surface area (Å²) in [6, 6.07) is 16.0. The first kappa shape index (κ1) is 17.3. The van der Waals surface area contributed by atoms with E-state index in [0.29, 0.717) is 12.3 Å². The molecule has 1 saturated heterocycles. The lowest BCUT2D eigenvalue weighted by atomic mass is 9.99. The predicted octanol–water partition coefficient (Wildman–Crippen LogP) is 3.34. The highest BCUT2D eigenvalue weighted by atomic mass is 16.5. The van der Waals surface area contributed by atoms with Gasteiger partial charge in [0.25, 0.3) is 0 Å². The number of methoxy groups -OCH3 is 2. The summed E-state index contributed by atoms with van der Waals surface area (Å²) in [7, 11) is 3.32. The fourth-order valence-electron chi connectivity index (χ4n) is 3.39. The van der Waals surface area contributed by atoms with E-state index in [2.05, 4.69) is 12.1 Å². The topological polar surface area (TPSA) is 38.8 Å². The van der Waals surface area contributed by atoms with Crippen LogP contribution in [-0.4, -0.2) is 38.1 Å². The van der Waals surface area contributed by atoms with Gasteiger partial charge in [0, 0.05) is 13.1 Å². The number of likely N-dealkylation sites (tertiary alicyclic amines) is 1. The maximum Gasteiger partial charge on any atom is 0.227 e. The highest BCUT2D eigenvalue weighted by molar-refractivity contribution is 5.79. The molecule has 1 heterocycles. The van der Waals surface area contributed by atoms with Crippen molar-refractivity contribution in [1.29, 1.82) is 0 Å². The summed E-state index contributed by atoms with van der Waals surface area (Å²) >= 11 is 0. The minimum absolute atomic E-state index is 0.200. The number of rotatable bonds is 6. The molecule has 0 spiro atoms. The Kier molecular flexibility index (Phi) is 5.59. The first-order valence-corrected chi connectivity index (χ1v) is 8.71. The van der Waals surface area contributed by atoms with Crippen molar-refractivity contribution in [3.63, 3.8) is 0 Å². The molecule has 2 aromatic rings. The number of benzene rings is 2. The van der Waals surface area contributed by atoms with Crippen LogP contribution in [0, 0.1) is 5.92 Å². The number of carbonyl (C=O) groups is 1. The van der Waals surface area contributed by atoms with Gasteiger partial charge in [-0.3, -0.25) is 4.79 Å². The lowest BCUT2D eigenvalue weighted by Crippen LogP contribution is -2.30. The van der Waals surface area contributed by atoms with Crippen LogP contribution >= 0.6 is 0 Å². The monoisotopic (exact) mass is 339 g/mol. The smallest absolute Gasteiger partial charge is 0.227 e. The van der Waals surface area contributed by atoms with Crippen LogP contribution in [0.4, 0.5) is 0 Å². The van der Waals surface area contributed by atoms with E-state index < -0.39 is 0 Å². The molecule has 1 amide bonds. The lowest BCUT2D eigenvalue weighted by molar-refractivity contribution is -0.129. The van der Waals surface area contributed by atoms with Crippen molar-refractivity contribution in [3.8, 4) is 11.5 Å². The molecule has 4 nitrogen and oxygen atoms in total. The number of ether oxygens (including phenoxy) is 2. The number of amides is 1. The molecule has 0 aliphatic carbocycles. The van der Waals surface area contributed by atoms with E-state index in [1.807, 2.05) is 41.3 Å². The summed E-state index contributed by atoms with van der Waals surface area (Å²) in [6.45, 7) is 1.69. The molecular formula is C21H25NO3. The van der Waals surface area contributed by atoms with Gasteiger partial charge < -0.3 is 14.4 Å². The molecule has 0 radical (unpaired) electrons. The van der Waals surface area contributed by atoms with Crippen molar-refractivity contribution in [3.05, 3.63) is 59.7 Å². The van der Waals surface area contributed by atoms with Crippen LogP contribution in [0.1, 0.15) is 17.5 Å². The maximum atomic E-state index is 12.6. The Bertz CT molecular complexity index is 711. The van der Waals surface area contributed by atoms with E-state index in [-0.39, 0.29) is 5.91 Å². The van der Waals surface area contributed by atoms with Gasteiger partial charge in [0.15, 0.2) is 0 Å². The molecule has 4 heteroatoms. The standard InChI is InChI=1S/C21H25NO3/c1-24-19-8-6-16(7-9-19)12-18-10-11-22(15-18)21(23)14-17-4-3-5-20(13-17)25-2/h3-9,13,18H,10-12,14-15H2,1-2H3. The fraction of sp³-hybridized carbons (Fsp3) is 0.381. The van der Waals surface area contributed by atoms with Crippen LogP contribution < -0.4 is 9.47 Å². The van der Waals surface area contributed by atoms with Crippen LogP contribution in [-0.2, 0) is 17.6 Å². The number of nitrogens with zero attached hydrogens (tertiary/aromatic N) is 1.